The molecule has 1 unspecified atom stereocenters. The van der Waals surface area contributed by atoms with Crippen molar-refractivity contribution < 1.29 is 13.2 Å². The molecule has 1 aliphatic heterocycles. The fraction of sp³-hybridized carbons (Fsp3) is 1.00. The van der Waals surface area contributed by atoms with Gasteiger partial charge < -0.3 is 5.73 Å². The van der Waals surface area contributed by atoms with Crippen molar-refractivity contribution in [3.8, 4) is 0 Å². The Kier molecular flexibility index (Phi) is 2.95. The Labute approximate surface area is 69.5 Å². The first-order valence-electron chi connectivity index (χ1n) is 4.00. The predicted molar refractivity (Wildman–Crippen MR) is 39.7 cm³/mol. The van der Waals surface area contributed by atoms with Gasteiger partial charge in [-0.1, -0.05) is 0 Å². The second-order valence-electron chi connectivity index (χ2n) is 3.24. The fourth-order valence-corrected chi connectivity index (χ4v) is 1.50. The summed E-state index contributed by atoms with van der Waals surface area (Å²) in [6.07, 6.45) is -3.27. The van der Waals surface area contributed by atoms with Crippen LogP contribution in [0.4, 0.5) is 13.2 Å². The Hall–Kier alpha value is -0.290. The Morgan fingerprint density at radius 2 is 2.08 bits per heavy atom. The van der Waals surface area contributed by atoms with Crippen LogP contribution in [0.5, 0.6) is 0 Å². The third-order valence-corrected chi connectivity index (χ3v) is 2.11. The molecule has 1 saturated heterocycles. The molecule has 2 N–H and O–H groups in total. The lowest BCUT2D eigenvalue weighted by atomic mass is 10.1. The van der Waals surface area contributed by atoms with Gasteiger partial charge in [0.2, 0.25) is 0 Å². The first-order chi connectivity index (χ1) is 5.51. The molecular formula is C7H13F3N2. The van der Waals surface area contributed by atoms with Crippen LogP contribution in [0.15, 0.2) is 0 Å². The molecule has 0 aliphatic carbocycles. The molecule has 0 amide bonds. The van der Waals surface area contributed by atoms with Gasteiger partial charge in [-0.2, -0.15) is 13.2 Å². The minimum Gasteiger partial charge on any atom is -0.330 e. The molecule has 0 bridgehead atoms. The highest BCUT2D eigenvalue weighted by atomic mass is 19.4. The van der Waals surface area contributed by atoms with E-state index >= 15 is 0 Å². The molecule has 1 heterocycles. The van der Waals surface area contributed by atoms with Crippen molar-refractivity contribution in [2.45, 2.75) is 12.6 Å². The van der Waals surface area contributed by atoms with Crippen LogP contribution in [0.3, 0.4) is 0 Å². The summed E-state index contributed by atoms with van der Waals surface area (Å²) < 4.78 is 35.6. The van der Waals surface area contributed by atoms with E-state index in [1.807, 2.05) is 0 Å². The lowest BCUT2D eigenvalue weighted by molar-refractivity contribution is -0.143. The minimum atomic E-state index is -4.07. The van der Waals surface area contributed by atoms with E-state index in [9.17, 15) is 13.2 Å². The van der Waals surface area contributed by atoms with E-state index in [1.165, 1.54) is 4.90 Å². The van der Waals surface area contributed by atoms with Crippen molar-refractivity contribution in [3.05, 3.63) is 0 Å². The lowest BCUT2D eigenvalue weighted by Crippen LogP contribution is -2.33. The van der Waals surface area contributed by atoms with Gasteiger partial charge in [0.15, 0.2) is 0 Å². The first-order valence-corrected chi connectivity index (χ1v) is 4.00. The second-order valence-corrected chi connectivity index (χ2v) is 3.24. The first kappa shape index (κ1) is 9.80. The van der Waals surface area contributed by atoms with E-state index in [0.717, 1.165) is 6.42 Å². The highest BCUT2D eigenvalue weighted by Gasteiger charge is 2.33. The molecule has 1 atom stereocenters. The zero-order chi connectivity index (χ0) is 9.19. The molecule has 0 aromatic carbocycles. The van der Waals surface area contributed by atoms with Gasteiger partial charge in [0.1, 0.15) is 0 Å². The van der Waals surface area contributed by atoms with Gasteiger partial charge >= 0.3 is 6.18 Å². The van der Waals surface area contributed by atoms with Gasteiger partial charge in [0, 0.05) is 6.54 Å². The summed E-state index contributed by atoms with van der Waals surface area (Å²) in [6, 6.07) is 0. The lowest BCUT2D eigenvalue weighted by Gasteiger charge is -2.17. The van der Waals surface area contributed by atoms with Crippen molar-refractivity contribution in [2.24, 2.45) is 11.7 Å². The number of nitrogens with two attached hydrogens (primary N) is 1. The molecular weight excluding hydrogens is 169 g/mol. The van der Waals surface area contributed by atoms with Gasteiger partial charge in [-0.25, -0.2) is 0 Å². The minimum absolute atomic E-state index is 0.257. The molecule has 0 radical (unpaired) electrons. The molecule has 0 spiro atoms. The van der Waals surface area contributed by atoms with Gasteiger partial charge in [-0.3, -0.25) is 4.90 Å². The molecule has 1 rings (SSSR count). The highest BCUT2D eigenvalue weighted by molar-refractivity contribution is 4.77. The summed E-state index contributed by atoms with van der Waals surface area (Å²) in [5.74, 6) is 0.257. The van der Waals surface area contributed by atoms with E-state index in [2.05, 4.69) is 0 Å². The van der Waals surface area contributed by atoms with E-state index < -0.39 is 12.7 Å². The molecule has 0 saturated carbocycles. The summed E-state index contributed by atoms with van der Waals surface area (Å²) >= 11 is 0. The van der Waals surface area contributed by atoms with Crippen LogP contribution in [0.25, 0.3) is 0 Å². The number of hydrogen-bond acceptors (Lipinski definition) is 2. The van der Waals surface area contributed by atoms with Crippen LogP contribution in [0.1, 0.15) is 6.42 Å². The Morgan fingerprint density at radius 3 is 2.50 bits per heavy atom. The number of likely N-dealkylation sites (tertiary alicyclic amines) is 1. The van der Waals surface area contributed by atoms with Gasteiger partial charge in [-0.05, 0) is 25.4 Å². The Morgan fingerprint density at radius 1 is 1.42 bits per heavy atom. The highest BCUT2D eigenvalue weighted by Crippen LogP contribution is 2.21. The van der Waals surface area contributed by atoms with Crippen molar-refractivity contribution in [3.63, 3.8) is 0 Å². The zero-order valence-corrected chi connectivity index (χ0v) is 6.77. The molecule has 72 valence electrons. The topological polar surface area (TPSA) is 29.3 Å². The zero-order valence-electron chi connectivity index (χ0n) is 6.77. The number of rotatable bonds is 2. The molecule has 0 aromatic rings. The largest absolute Gasteiger partial charge is 0.401 e. The van der Waals surface area contributed by atoms with Crippen LogP contribution in [0.2, 0.25) is 0 Å². The number of alkyl halides is 3. The maximum atomic E-state index is 11.9. The van der Waals surface area contributed by atoms with Crippen molar-refractivity contribution in [1.82, 2.24) is 4.90 Å². The van der Waals surface area contributed by atoms with Crippen LogP contribution >= 0.6 is 0 Å². The van der Waals surface area contributed by atoms with Crippen LogP contribution in [-0.2, 0) is 0 Å². The van der Waals surface area contributed by atoms with E-state index in [-0.39, 0.29) is 5.92 Å². The monoisotopic (exact) mass is 182 g/mol. The van der Waals surface area contributed by atoms with Crippen molar-refractivity contribution in [2.75, 3.05) is 26.2 Å². The smallest absolute Gasteiger partial charge is 0.330 e. The number of halogens is 3. The summed E-state index contributed by atoms with van der Waals surface area (Å²) in [7, 11) is 0. The summed E-state index contributed by atoms with van der Waals surface area (Å²) in [4.78, 5) is 1.41. The molecule has 1 aliphatic rings. The predicted octanol–water partition coefficient (Wildman–Crippen LogP) is 0.829. The second kappa shape index (κ2) is 3.62. The molecule has 2 nitrogen and oxygen atoms in total. The van der Waals surface area contributed by atoms with Crippen LogP contribution in [-0.4, -0.2) is 37.3 Å². The Bertz CT molecular complexity index is 146. The SMILES string of the molecule is NCC1CCN(CC(F)(F)F)C1. The summed E-state index contributed by atoms with van der Waals surface area (Å²) in [5, 5.41) is 0. The summed E-state index contributed by atoms with van der Waals surface area (Å²) in [6.45, 7) is 0.731. The maximum Gasteiger partial charge on any atom is 0.401 e. The number of hydrogen-bond donors (Lipinski definition) is 1. The molecule has 1 fully saturated rings. The van der Waals surface area contributed by atoms with E-state index in [0.29, 0.717) is 19.6 Å². The Balaban J connectivity index is 2.28. The van der Waals surface area contributed by atoms with E-state index in [4.69, 9.17) is 5.73 Å². The van der Waals surface area contributed by atoms with Crippen LogP contribution in [0, 0.1) is 5.92 Å². The quantitative estimate of drug-likeness (QED) is 0.685. The standard InChI is InChI=1S/C7H13F3N2/c8-7(9,10)5-12-2-1-6(3-11)4-12/h6H,1-5,11H2. The average Bonchev–Trinajstić information content (AvgIpc) is 2.32. The number of nitrogens with zero attached hydrogens (tertiary/aromatic N) is 1. The van der Waals surface area contributed by atoms with Crippen molar-refractivity contribution >= 4 is 0 Å². The third-order valence-electron chi connectivity index (χ3n) is 2.11. The van der Waals surface area contributed by atoms with Gasteiger partial charge in [0.25, 0.3) is 0 Å². The molecule has 0 aromatic heterocycles. The maximum absolute atomic E-state index is 11.9. The molecule has 12 heavy (non-hydrogen) atoms. The van der Waals surface area contributed by atoms with E-state index in [1.54, 1.807) is 0 Å². The normalized spacial score (nSPS) is 26.5. The fourth-order valence-electron chi connectivity index (χ4n) is 1.50. The van der Waals surface area contributed by atoms with Crippen molar-refractivity contribution in [1.29, 1.82) is 0 Å². The van der Waals surface area contributed by atoms with Gasteiger partial charge in [-0.15, -0.1) is 0 Å². The summed E-state index contributed by atoms with van der Waals surface area (Å²) in [5.41, 5.74) is 5.35. The molecule has 5 heteroatoms. The van der Waals surface area contributed by atoms with Gasteiger partial charge in [0.05, 0.1) is 6.54 Å². The third kappa shape index (κ3) is 2.98. The average molecular weight is 182 g/mol. The van der Waals surface area contributed by atoms with Crippen LogP contribution < -0.4 is 5.73 Å².